The highest BCUT2D eigenvalue weighted by Crippen LogP contribution is 2.23. The van der Waals surface area contributed by atoms with E-state index in [9.17, 15) is 9.59 Å². The SMILES string of the molecule is CC(C)(C)OC(=O)N1CCC[C@H](C(=O)NC2CC2)C1. The number of nitrogens with one attached hydrogen (secondary N) is 1. The van der Waals surface area contributed by atoms with E-state index in [2.05, 4.69) is 5.32 Å². The second kappa shape index (κ2) is 5.39. The summed E-state index contributed by atoms with van der Waals surface area (Å²) in [6, 6.07) is 0.379. The Kier molecular flexibility index (Phi) is 4.02. The summed E-state index contributed by atoms with van der Waals surface area (Å²) in [6.07, 6.45) is 3.60. The predicted molar refractivity (Wildman–Crippen MR) is 71.7 cm³/mol. The zero-order valence-electron chi connectivity index (χ0n) is 12.1. The van der Waals surface area contributed by atoms with Crippen molar-refractivity contribution in [3.8, 4) is 0 Å². The standard InChI is InChI=1S/C14H24N2O3/c1-14(2,3)19-13(18)16-8-4-5-10(9-16)12(17)15-11-6-7-11/h10-11H,4-9H2,1-3H3,(H,15,17)/t10-/m0/s1. The average molecular weight is 268 g/mol. The lowest BCUT2D eigenvalue weighted by Gasteiger charge is -2.33. The summed E-state index contributed by atoms with van der Waals surface area (Å²) >= 11 is 0. The van der Waals surface area contributed by atoms with E-state index in [0.29, 0.717) is 19.1 Å². The molecule has 0 bridgehead atoms. The van der Waals surface area contributed by atoms with Crippen molar-refractivity contribution in [1.82, 2.24) is 10.2 Å². The minimum Gasteiger partial charge on any atom is -0.444 e. The summed E-state index contributed by atoms with van der Waals surface area (Å²) in [5, 5.41) is 3.01. The first-order valence-electron chi connectivity index (χ1n) is 7.13. The molecule has 2 amide bonds. The van der Waals surface area contributed by atoms with Crippen LogP contribution < -0.4 is 5.32 Å². The van der Waals surface area contributed by atoms with E-state index in [1.807, 2.05) is 20.8 Å². The summed E-state index contributed by atoms with van der Waals surface area (Å²) < 4.78 is 5.35. The first kappa shape index (κ1) is 14.2. The van der Waals surface area contributed by atoms with Gasteiger partial charge in [0, 0.05) is 19.1 Å². The smallest absolute Gasteiger partial charge is 0.410 e. The number of rotatable bonds is 2. The topological polar surface area (TPSA) is 58.6 Å². The molecule has 1 N–H and O–H groups in total. The van der Waals surface area contributed by atoms with Crippen LogP contribution in [0, 0.1) is 5.92 Å². The molecule has 19 heavy (non-hydrogen) atoms. The highest BCUT2D eigenvalue weighted by Gasteiger charge is 2.33. The number of hydrogen-bond donors (Lipinski definition) is 1. The van der Waals surface area contributed by atoms with Crippen molar-refractivity contribution < 1.29 is 14.3 Å². The van der Waals surface area contributed by atoms with Crippen molar-refractivity contribution >= 4 is 12.0 Å². The summed E-state index contributed by atoms with van der Waals surface area (Å²) in [5.41, 5.74) is -0.486. The van der Waals surface area contributed by atoms with E-state index in [0.717, 1.165) is 25.7 Å². The van der Waals surface area contributed by atoms with Gasteiger partial charge in [-0.3, -0.25) is 4.79 Å². The number of carbonyl (C=O) groups excluding carboxylic acids is 2. The number of carbonyl (C=O) groups is 2. The molecule has 2 aliphatic rings. The summed E-state index contributed by atoms with van der Waals surface area (Å²) in [4.78, 5) is 25.7. The van der Waals surface area contributed by atoms with Crippen LogP contribution in [-0.2, 0) is 9.53 Å². The molecule has 0 aromatic rings. The summed E-state index contributed by atoms with van der Waals surface area (Å²) in [6.45, 7) is 6.72. The monoisotopic (exact) mass is 268 g/mol. The van der Waals surface area contributed by atoms with Crippen molar-refractivity contribution in [3.63, 3.8) is 0 Å². The Morgan fingerprint density at radius 3 is 2.47 bits per heavy atom. The number of ether oxygens (including phenoxy) is 1. The van der Waals surface area contributed by atoms with Gasteiger partial charge < -0.3 is 15.0 Å². The summed E-state index contributed by atoms with van der Waals surface area (Å²) in [7, 11) is 0. The zero-order valence-corrected chi connectivity index (χ0v) is 12.1. The molecule has 2 rings (SSSR count). The maximum atomic E-state index is 12.0. The van der Waals surface area contributed by atoms with Gasteiger partial charge >= 0.3 is 6.09 Å². The van der Waals surface area contributed by atoms with Crippen LogP contribution in [0.25, 0.3) is 0 Å². The van der Waals surface area contributed by atoms with Gasteiger partial charge in [-0.2, -0.15) is 0 Å². The normalized spacial score (nSPS) is 23.9. The third-order valence-corrected chi connectivity index (χ3v) is 3.37. The molecule has 1 saturated heterocycles. The molecule has 1 atom stereocenters. The van der Waals surface area contributed by atoms with Crippen LogP contribution in [0.5, 0.6) is 0 Å². The number of hydrogen-bond acceptors (Lipinski definition) is 3. The van der Waals surface area contributed by atoms with Gasteiger partial charge in [0.2, 0.25) is 5.91 Å². The maximum Gasteiger partial charge on any atom is 0.410 e. The second-order valence-electron chi connectivity index (χ2n) is 6.55. The van der Waals surface area contributed by atoms with Crippen LogP contribution in [0.1, 0.15) is 46.5 Å². The van der Waals surface area contributed by atoms with Gasteiger partial charge in [-0.15, -0.1) is 0 Å². The third kappa shape index (κ3) is 4.40. The molecule has 2 fully saturated rings. The second-order valence-corrected chi connectivity index (χ2v) is 6.55. The van der Waals surface area contributed by atoms with E-state index in [4.69, 9.17) is 4.74 Å². The van der Waals surface area contributed by atoms with Crippen molar-refractivity contribution in [3.05, 3.63) is 0 Å². The molecule has 1 heterocycles. The number of likely N-dealkylation sites (tertiary alicyclic amines) is 1. The molecule has 5 heteroatoms. The van der Waals surface area contributed by atoms with Gasteiger partial charge in [0.15, 0.2) is 0 Å². The zero-order chi connectivity index (χ0) is 14.0. The molecule has 0 aromatic carbocycles. The van der Waals surface area contributed by atoms with Gasteiger partial charge in [-0.05, 0) is 46.5 Å². The van der Waals surface area contributed by atoms with Crippen LogP contribution in [0.4, 0.5) is 4.79 Å². The highest BCUT2D eigenvalue weighted by molar-refractivity contribution is 5.80. The molecule has 1 aliphatic carbocycles. The Hall–Kier alpha value is -1.26. The van der Waals surface area contributed by atoms with Crippen LogP contribution in [0.15, 0.2) is 0 Å². The molecule has 0 unspecified atom stereocenters. The number of piperidine rings is 1. The lowest BCUT2D eigenvalue weighted by Crippen LogP contribution is -2.47. The van der Waals surface area contributed by atoms with Crippen LogP contribution >= 0.6 is 0 Å². The van der Waals surface area contributed by atoms with Crippen LogP contribution in [-0.4, -0.2) is 41.6 Å². The van der Waals surface area contributed by atoms with Gasteiger partial charge in [0.05, 0.1) is 5.92 Å². The maximum absolute atomic E-state index is 12.0. The van der Waals surface area contributed by atoms with Gasteiger partial charge in [0.1, 0.15) is 5.60 Å². The molecule has 1 saturated carbocycles. The van der Waals surface area contributed by atoms with E-state index >= 15 is 0 Å². The first-order chi connectivity index (χ1) is 8.85. The summed E-state index contributed by atoms with van der Waals surface area (Å²) in [5.74, 6) is 0.0117. The molecule has 0 spiro atoms. The minimum atomic E-state index is -0.486. The largest absolute Gasteiger partial charge is 0.444 e. The highest BCUT2D eigenvalue weighted by atomic mass is 16.6. The lowest BCUT2D eigenvalue weighted by molar-refractivity contribution is -0.126. The Morgan fingerprint density at radius 2 is 1.89 bits per heavy atom. The Balaban J connectivity index is 1.85. The molecular formula is C14H24N2O3. The number of nitrogens with zero attached hydrogens (tertiary/aromatic N) is 1. The molecule has 0 radical (unpaired) electrons. The van der Waals surface area contributed by atoms with E-state index in [1.54, 1.807) is 4.90 Å². The van der Waals surface area contributed by atoms with E-state index in [1.165, 1.54) is 0 Å². The lowest BCUT2D eigenvalue weighted by atomic mass is 9.97. The Morgan fingerprint density at radius 1 is 1.21 bits per heavy atom. The van der Waals surface area contributed by atoms with Crippen molar-refractivity contribution in [2.75, 3.05) is 13.1 Å². The van der Waals surface area contributed by atoms with Crippen LogP contribution in [0.2, 0.25) is 0 Å². The van der Waals surface area contributed by atoms with Crippen molar-refractivity contribution in [1.29, 1.82) is 0 Å². The predicted octanol–water partition coefficient (Wildman–Crippen LogP) is 1.91. The number of amides is 2. The Bertz CT molecular complexity index is 358. The third-order valence-electron chi connectivity index (χ3n) is 3.37. The Labute approximate surface area is 114 Å². The van der Waals surface area contributed by atoms with E-state index in [-0.39, 0.29) is 17.9 Å². The van der Waals surface area contributed by atoms with Crippen LogP contribution in [0.3, 0.4) is 0 Å². The first-order valence-corrected chi connectivity index (χ1v) is 7.13. The van der Waals surface area contributed by atoms with Crippen molar-refractivity contribution in [2.24, 2.45) is 5.92 Å². The molecule has 108 valence electrons. The molecule has 0 aromatic heterocycles. The molecular weight excluding hydrogens is 244 g/mol. The average Bonchev–Trinajstić information content (AvgIpc) is 3.11. The molecule has 1 aliphatic heterocycles. The van der Waals surface area contributed by atoms with Crippen molar-refractivity contribution in [2.45, 2.75) is 58.1 Å². The van der Waals surface area contributed by atoms with Gasteiger partial charge in [0.25, 0.3) is 0 Å². The fourth-order valence-electron chi connectivity index (χ4n) is 2.23. The van der Waals surface area contributed by atoms with Gasteiger partial charge in [-0.1, -0.05) is 0 Å². The van der Waals surface area contributed by atoms with E-state index < -0.39 is 5.60 Å². The fraction of sp³-hybridized carbons (Fsp3) is 0.857. The quantitative estimate of drug-likeness (QED) is 0.832. The fourth-order valence-corrected chi connectivity index (χ4v) is 2.23. The van der Waals surface area contributed by atoms with Gasteiger partial charge in [-0.25, -0.2) is 4.79 Å². The minimum absolute atomic E-state index is 0.0816. The molecule has 5 nitrogen and oxygen atoms in total.